The maximum atomic E-state index is 9.75. The Morgan fingerprint density at radius 1 is 0.645 bits per heavy atom. The number of unbranched alkanes of at least 4 members (excludes halogenated alkanes) is 14. The second-order valence-electron chi connectivity index (χ2n) is 9.56. The summed E-state index contributed by atoms with van der Waals surface area (Å²) in [5, 5.41) is 8.02. The molecule has 0 bridgehead atoms. The molecule has 0 aliphatic carbocycles. The minimum absolute atomic E-state index is 0.914. The fourth-order valence-corrected chi connectivity index (χ4v) is 3.71. The molecule has 0 saturated carbocycles. The molecule has 0 aliphatic rings. The van der Waals surface area contributed by atoms with E-state index in [0.717, 1.165) is 6.08 Å². The summed E-state index contributed by atoms with van der Waals surface area (Å²) in [5.41, 5.74) is 0. The van der Waals surface area contributed by atoms with Gasteiger partial charge in [0, 0.05) is 6.08 Å². The van der Waals surface area contributed by atoms with Crippen LogP contribution >= 0.6 is 0 Å². The molecule has 0 heterocycles. The summed E-state index contributed by atoms with van der Waals surface area (Å²) in [4.78, 5) is 9.75. The fourth-order valence-electron chi connectivity index (χ4n) is 3.71. The van der Waals surface area contributed by atoms with Crippen LogP contribution in [0.15, 0.2) is 24.3 Å². The van der Waals surface area contributed by atoms with E-state index < -0.39 is 5.97 Å². The van der Waals surface area contributed by atoms with Crippen molar-refractivity contribution in [3.63, 3.8) is 0 Å². The van der Waals surface area contributed by atoms with E-state index in [4.69, 9.17) is 5.11 Å². The first-order chi connectivity index (χ1) is 14.9. The molecule has 184 valence electrons. The molecule has 31 heavy (non-hydrogen) atoms. The lowest BCUT2D eigenvalue weighted by Gasteiger charge is -2.30. The number of hydrogen-bond acceptors (Lipinski definition) is 1. The molecule has 3 heteroatoms. The number of carboxylic acid groups (broad SMARTS) is 1. The van der Waals surface area contributed by atoms with Crippen LogP contribution in [-0.2, 0) is 4.79 Å². The van der Waals surface area contributed by atoms with Gasteiger partial charge in [-0.05, 0) is 32.6 Å². The minimum Gasteiger partial charge on any atom is -0.478 e. The number of hydrogen-bond donors (Lipinski definition) is 1. The lowest BCUT2D eigenvalue weighted by Crippen LogP contribution is -2.41. The van der Waals surface area contributed by atoms with E-state index >= 15 is 0 Å². The van der Waals surface area contributed by atoms with Crippen molar-refractivity contribution in [1.29, 1.82) is 0 Å². The predicted octanol–water partition coefficient (Wildman–Crippen LogP) is 8.55. The van der Waals surface area contributed by atoms with Crippen molar-refractivity contribution < 1.29 is 14.4 Å². The van der Waals surface area contributed by atoms with E-state index in [9.17, 15) is 4.79 Å². The maximum absolute atomic E-state index is 9.75. The Kier molecular flexibility index (Phi) is 26.1. The van der Waals surface area contributed by atoms with Crippen molar-refractivity contribution in [2.45, 2.75) is 124 Å². The number of allylic oxidation sites excluding steroid dienone is 3. The summed E-state index contributed by atoms with van der Waals surface area (Å²) < 4.78 is 1.24. The summed E-state index contributed by atoms with van der Waals surface area (Å²) in [6.45, 7) is 9.18. The van der Waals surface area contributed by atoms with Crippen LogP contribution in [0.5, 0.6) is 0 Å². The highest BCUT2D eigenvalue weighted by Gasteiger charge is 2.13. The average Bonchev–Trinajstić information content (AvgIpc) is 2.72. The second-order valence-corrected chi connectivity index (χ2v) is 9.56. The Hall–Kier alpha value is -1.09. The molecule has 0 saturated heterocycles. The number of aliphatic carboxylic acids is 1. The van der Waals surface area contributed by atoms with Crippen molar-refractivity contribution in [3.05, 3.63) is 24.3 Å². The first kappa shape index (κ1) is 32.1. The molecule has 1 N–H and O–H groups in total. The van der Waals surface area contributed by atoms with Crippen LogP contribution in [0.2, 0.25) is 0 Å². The second kappa shape index (κ2) is 25.2. The van der Waals surface area contributed by atoms with Gasteiger partial charge in [-0.1, -0.05) is 109 Å². The van der Waals surface area contributed by atoms with Crippen molar-refractivity contribution in [3.8, 4) is 0 Å². The van der Waals surface area contributed by atoms with Crippen molar-refractivity contribution in [2.75, 3.05) is 27.2 Å². The first-order valence-electron chi connectivity index (χ1n) is 13.2. The Morgan fingerprint density at radius 2 is 1.00 bits per heavy atom. The Labute approximate surface area is 195 Å². The molecule has 0 atom stereocenters. The zero-order valence-electron chi connectivity index (χ0n) is 21.8. The van der Waals surface area contributed by atoms with Gasteiger partial charge in [0.05, 0.1) is 27.2 Å². The Morgan fingerprint density at radius 3 is 1.32 bits per heavy atom. The normalized spacial score (nSPS) is 11.8. The van der Waals surface area contributed by atoms with Crippen LogP contribution in [0.3, 0.4) is 0 Å². The summed E-state index contributed by atoms with van der Waals surface area (Å²) in [5.74, 6) is -0.914. The third kappa shape index (κ3) is 31.2. The first-order valence-corrected chi connectivity index (χ1v) is 13.2. The third-order valence-electron chi connectivity index (χ3n) is 5.78. The predicted molar refractivity (Wildman–Crippen MR) is 139 cm³/mol. The van der Waals surface area contributed by atoms with E-state index in [-0.39, 0.29) is 0 Å². The molecular weight excluding hydrogens is 382 g/mol. The zero-order chi connectivity index (χ0) is 23.6. The van der Waals surface area contributed by atoms with Gasteiger partial charge < -0.3 is 9.59 Å². The van der Waals surface area contributed by atoms with Crippen LogP contribution in [0, 0.1) is 0 Å². The van der Waals surface area contributed by atoms with E-state index in [1.165, 1.54) is 126 Å². The lowest BCUT2D eigenvalue weighted by molar-refractivity contribution is -0.890. The van der Waals surface area contributed by atoms with E-state index in [1.54, 1.807) is 12.2 Å². The molecule has 0 aromatic carbocycles. The van der Waals surface area contributed by atoms with Gasteiger partial charge in [0.2, 0.25) is 0 Å². The van der Waals surface area contributed by atoms with Gasteiger partial charge in [-0.25, -0.2) is 4.79 Å². The van der Waals surface area contributed by atoms with E-state index in [2.05, 4.69) is 27.9 Å². The van der Waals surface area contributed by atoms with Crippen molar-refractivity contribution in [2.24, 2.45) is 0 Å². The number of nitrogens with zero attached hydrogens (tertiary/aromatic N) is 1. The number of carboxylic acids is 1. The molecular formula is C28H56NO2+. The smallest absolute Gasteiger partial charge is 0.328 e. The molecule has 0 aliphatic heterocycles. The number of quaternary nitrogens is 1. The van der Waals surface area contributed by atoms with Gasteiger partial charge in [0.15, 0.2) is 0 Å². The van der Waals surface area contributed by atoms with Crippen LogP contribution in [0.1, 0.15) is 124 Å². The minimum atomic E-state index is -0.914. The van der Waals surface area contributed by atoms with Gasteiger partial charge in [-0.3, -0.25) is 0 Å². The van der Waals surface area contributed by atoms with Crippen LogP contribution < -0.4 is 0 Å². The molecule has 0 aromatic rings. The van der Waals surface area contributed by atoms with Gasteiger partial charge in [0.25, 0.3) is 0 Å². The largest absolute Gasteiger partial charge is 0.478 e. The molecule has 0 amide bonds. The van der Waals surface area contributed by atoms with Crippen LogP contribution in [0.4, 0.5) is 0 Å². The standard InChI is InChI=1S/C22H48N.C6H8O2/c1-5-7-9-11-13-15-17-19-21-23(3,4)22-20-18-16-14-12-10-8-6-2;1-2-3-4-5-6(7)8/h5-22H2,1-4H3;2-5H,1H3,(H,7,8)/q+1;/b;3-2+,5-4+. The van der Waals surface area contributed by atoms with E-state index in [0.29, 0.717) is 0 Å². The van der Waals surface area contributed by atoms with E-state index in [1.807, 2.05) is 6.92 Å². The van der Waals surface area contributed by atoms with Gasteiger partial charge in [-0.2, -0.15) is 0 Å². The number of carbonyl (C=O) groups is 1. The summed E-state index contributed by atoms with van der Waals surface area (Å²) >= 11 is 0. The van der Waals surface area contributed by atoms with Crippen molar-refractivity contribution in [1.82, 2.24) is 0 Å². The Balaban J connectivity index is 0. The molecule has 0 aromatic heterocycles. The molecule has 0 unspecified atom stereocenters. The van der Waals surface area contributed by atoms with Crippen molar-refractivity contribution >= 4 is 5.97 Å². The van der Waals surface area contributed by atoms with Crippen LogP contribution in [0.25, 0.3) is 0 Å². The zero-order valence-corrected chi connectivity index (χ0v) is 21.8. The molecule has 0 radical (unpaired) electrons. The topological polar surface area (TPSA) is 37.3 Å². The average molecular weight is 439 g/mol. The Bertz CT molecular complexity index is 405. The third-order valence-corrected chi connectivity index (χ3v) is 5.78. The molecule has 0 fully saturated rings. The highest BCUT2D eigenvalue weighted by Crippen LogP contribution is 2.13. The molecule has 3 nitrogen and oxygen atoms in total. The SMILES string of the molecule is C/C=C/C=C/C(=O)O.CCCCCCCCCC[N+](C)(C)CCCCCCCCCC. The monoisotopic (exact) mass is 438 g/mol. The number of rotatable bonds is 20. The van der Waals surface area contributed by atoms with Gasteiger partial charge in [-0.15, -0.1) is 0 Å². The highest BCUT2D eigenvalue weighted by molar-refractivity contribution is 5.80. The summed E-state index contributed by atoms with van der Waals surface area (Å²) in [7, 11) is 4.87. The maximum Gasteiger partial charge on any atom is 0.328 e. The summed E-state index contributed by atoms with van der Waals surface area (Å²) in [6.07, 6.45) is 29.0. The molecule has 0 rings (SSSR count). The van der Waals surface area contributed by atoms with Gasteiger partial charge in [0.1, 0.15) is 0 Å². The van der Waals surface area contributed by atoms with Crippen LogP contribution in [-0.4, -0.2) is 42.7 Å². The summed E-state index contributed by atoms with van der Waals surface area (Å²) in [6, 6.07) is 0. The highest BCUT2D eigenvalue weighted by atomic mass is 16.4. The molecule has 0 spiro atoms. The van der Waals surface area contributed by atoms with Gasteiger partial charge >= 0.3 is 5.97 Å². The fraction of sp³-hybridized carbons (Fsp3) is 0.821. The lowest BCUT2D eigenvalue weighted by atomic mass is 10.1. The quantitative estimate of drug-likeness (QED) is 0.0894.